The molecule has 0 saturated heterocycles. The first-order valence-electron chi connectivity index (χ1n) is 10.9. The Kier molecular flexibility index (Phi) is 9.31. The van der Waals surface area contributed by atoms with Crippen molar-refractivity contribution in [1.29, 1.82) is 0 Å². The summed E-state index contributed by atoms with van der Waals surface area (Å²) in [4.78, 5) is 13.4. The van der Waals surface area contributed by atoms with E-state index in [-0.39, 0.29) is 22.8 Å². The van der Waals surface area contributed by atoms with Gasteiger partial charge in [0.2, 0.25) is 0 Å². The molecule has 0 saturated carbocycles. The van der Waals surface area contributed by atoms with Crippen molar-refractivity contribution in [2.75, 3.05) is 6.61 Å². The van der Waals surface area contributed by atoms with E-state index >= 15 is 0 Å². The Morgan fingerprint density at radius 1 is 1.27 bits per heavy atom. The third-order valence-electron chi connectivity index (χ3n) is 6.24. The van der Waals surface area contributed by atoms with Crippen LogP contribution in [0.15, 0.2) is 59.4 Å². The van der Waals surface area contributed by atoms with Crippen molar-refractivity contribution in [1.82, 2.24) is 0 Å². The minimum Gasteiger partial charge on any atom is -0.498 e. The van der Waals surface area contributed by atoms with Gasteiger partial charge in [-0.1, -0.05) is 50.6 Å². The zero-order valence-corrected chi connectivity index (χ0v) is 21.6. The van der Waals surface area contributed by atoms with E-state index in [4.69, 9.17) is 9.16 Å². The highest BCUT2D eigenvalue weighted by atomic mass is 28.4. The molecular weight excluding hydrogens is 388 g/mol. The van der Waals surface area contributed by atoms with E-state index in [1.54, 1.807) is 0 Å². The first kappa shape index (κ1) is 26.4. The quantitative estimate of drug-likeness (QED) is 0.207. The highest BCUT2D eigenvalue weighted by molar-refractivity contribution is 6.74. The van der Waals surface area contributed by atoms with Gasteiger partial charge in [-0.15, -0.1) is 6.58 Å². The molecule has 0 radical (unpaired) electrons. The number of Topliss-reactive ketones (excluding diaryl/α,β-unsaturated/α-hetero) is 1. The number of carbonyl (C=O) groups is 1. The van der Waals surface area contributed by atoms with E-state index in [1.165, 1.54) is 0 Å². The van der Waals surface area contributed by atoms with Crippen LogP contribution in [0.1, 0.15) is 61.3 Å². The lowest BCUT2D eigenvalue weighted by molar-refractivity contribution is -0.115. The van der Waals surface area contributed by atoms with Gasteiger partial charge < -0.3 is 9.16 Å². The second-order valence-electron chi connectivity index (χ2n) is 9.94. The number of carbonyl (C=O) groups excluding carboxylic acids is 1. The molecule has 0 spiro atoms. The van der Waals surface area contributed by atoms with Crippen LogP contribution in [0, 0.1) is 5.92 Å². The Balaban J connectivity index is 3.31. The maximum Gasteiger partial charge on any atom is 0.192 e. The minimum atomic E-state index is -2.04. The Morgan fingerprint density at radius 3 is 2.30 bits per heavy atom. The molecule has 0 aromatic heterocycles. The summed E-state index contributed by atoms with van der Waals surface area (Å²) in [6, 6.07) is 0. The molecule has 1 aliphatic rings. The van der Waals surface area contributed by atoms with Crippen LogP contribution in [0.2, 0.25) is 18.1 Å². The lowest BCUT2D eigenvalue weighted by atomic mass is 9.81. The average Bonchev–Trinajstić information content (AvgIpc) is 2.62. The highest BCUT2D eigenvalue weighted by Gasteiger charge is 2.41. The molecule has 0 unspecified atom stereocenters. The van der Waals surface area contributed by atoms with Crippen LogP contribution >= 0.6 is 0 Å². The van der Waals surface area contributed by atoms with Crippen molar-refractivity contribution >= 4 is 14.1 Å². The molecule has 30 heavy (non-hydrogen) atoms. The number of rotatable bonds is 10. The molecular formula is C26H42O3Si. The van der Waals surface area contributed by atoms with Crippen LogP contribution in [0.3, 0.4) is 0 Å². The average molecular weight is 431 g/mol. The largest absolute Gasteiger partial charge is 0.498 e. The predicted molar refractivity (Wildman–Crippen MR) is 131 cm³/mol. The van der Waals surface area contributed by atoms with Crippen LogP contribution in [0.25, 0.3) is 0 Å². The molecule has 0 aromatic rings. The van der Waals surface area contributed by atoms with Crippen molar-refractivity contribution in [2.45, 2.75) is 85.5 Å². The summed E-state index contributed by atoms with van der Waals surface area (Å²) in [5.74, 6) is 0.919. The van der Waals surface area contributed by atoms with Crippen molar-refractivity contribution in [3.63, 3.8) is 0 Å². The standard InChI is InChI=1S/C26H42O3Si/c1-12-25(29-30(10,11)26(7,8)9)23-16-20(28-13-2)14-15-21(23)24(27)17-22(18(3)4)19(5)6/h12,14-15,23,25H,1,3,13,16-17H2,2,4-11H3/t23-,25+/m1/s1. The maximum absolute atomic E-state index is 13.4. The van der Waals surface area contributed by atoms with Gasteiger partial charge in [-0.3, -0.25) is 4.79 Å². The van der Waals surface area contributed by atoms with E-state index in [1.807, 2.05) is 45.9 Å². The van der Waals surface area contributed by atoms with Gasteiger partial charge in [-0.25, -0.2) is 0 Å². The van der Waals surface area contributed by atoms with Gasteiger partial charge in [-0.05, 0) is 57.5 Å². The Labute approximate surface area is 185 Å². The van der Waals surface area contributed by atoms with Gasteiger partial charge in [-0.2, -0.15) is 0 Å². The van der Waals surface area contributed by atoms with Crippen molar-refractivity contribution in [3.8, 4) is 0 Å². The summed E-state index contributed by atoms with van der Waals surface area (Å²) in [7, 11) is -2.04. The molecule has 0 aliphatic heterocycles. The van der Waals surface area contributed by atoms with E-state index in [0.717, 1.165) is 28.1 Å². The first-order valence-corrected chi connectivity index (χ1v) is 13.8. The van der Waals surface area contributed by atoms with E-state index in [2.05, 4.69) is 47.0 Å². The predicted octanol–water partition coefficient (Wildman–Crippen LogP) is 7.30. The summed E-state index contributed by atoms with van der Waals surface area (Å²) >= 11 is 0. The smallest absolute Gasteiger partial charge is 0.192 e. The molecule has 0 amide bonds. The maximum atomic E-state index is 13.4. The summed E-state index contributed by atoms with van der Waals surface area (Å²) in [5, 5.41) is 0.0740. The molecule has 168 valence electrons. The molecule has 0 heterocycles. The summed E-state index contributed by atoms with van der Waals surface area (Å²) in [6.07, 6.45) is 6.50. The number of ketones is 1. The zero-order valence-electron chi connectivity index (χ0n) is 20.6. The molecule has 0 aromatic carbocycles. The van der Waals surface area contributed by atoms with E-state index in [9.17, 15) is 4.79 Å². The van der Waals surface area contributed by atoms with Crippen molar-refractivity contribution in [2.24, 2.45) is 5.92 Å². The summed E-state index contributed by atoms with van der Waals surface area (Å²) in [6.45, 7) is 27.9. The van der Waals surface area contributed by atoms with Gasteiger partial charge in [0.15, 0.2) is 14.1 Å². The Morgan fingerprint density at radius 2 is 1.87 bits per heavy atom. The zero-order chi connectivity index (χ0) is 23.3. The third kappa shape index (κ3) is 6.68. The Bertz CT molecular complexity index is 756. The Hall–Kier alpha value is -1.65. The molecule has 0 N–H and O–H groups in total. The van der Waals surface area contributed by atoms with Crippen LogP contribution in [-0.4, -0.2) is 26.8 Å². The van der Waals surface area contributed by atoms with Crippen LogP contribution in [0.5, 0.6) is 0 Å². The molecule has 0 bridgehead atoms. The SMILES string of the molecule is C=C[C@H](O[Si](C)(C)C(C)(C)C)[C@@H]1CC(OCC)=CC=C1C(=O)CC(C(=C)C)=C(C)C. The second-order valence-corrected chi connectivity index (χ2v) is 14.7. The van der Waals surface area contributed by atoms with Gasteiger partial charge in [0.05, 0.1) is 18.5 Å². The third-order valence-corrected chi connectivity index (χ3v) is 10.7. The van der Waals surface area contributed by atoms with Gasteiger partial charge in [0.1, 0.15) is 0 Å². The molecule has 2 atom stereocenters. The number of hydrogen-bond donors (Lipinski definition) is 0. The fourth-order valence-corrected chi connectivity index (χ4v) is 4.71. The molecule has 3 nitrogen and oxygen atoms in total. The second kappa shape index (κ2) is 10.6. The topological polar surface area (TPSA) is 35.5 Å². The molecule has 0 fully saturated rings. The number of ether oxygens (including phenoxy) is 1. The minimum absolute atomic E-state index is 0.0740. The van der Waals surface area contributed by atoms with Gasteiger partial charge >= 0.3 is 0 Å². The van der Waals surface area contributed by atoms with Crippen LogP contribution < -0.4 is 0 Å². The van der Waals surface area contributed by atoms with Gasteiger partial charge in [0.25, 0.3) is 0 Å². The molecule has 1 aliphatic carbocycles. The summed E-state index contributed by atoms with van der Waals surface area (Å²) in [5.41, 5.74) is 3.90. The number of allylic oxidation sites excluding steroid dienone is 6. The lowest BCUT2D eigenvalue weighted by Gasteiger charge is -2.41. The van der Waals surface area contributed by atoms with Crippen molar-refractivity contribution < 1.29 is 14.0 Å². The molecule has 4 heteroatoms. The fourth-order valence-electron chi connectivity index (χ4n) is 3.41. The summed E-state index contributed by atoms with van der Waals surface area (Å²) < 4.78 is 12.5. The van der Waals surface area contributed by atoms with E-state index < -0.39 is 8.32 Å². The fraction of sp³-hybridized carbons (Fsp3) is 0.577. The van der Waals surface area contributed by atoms with Crippen molar-refractivity contribution in [3.05, 3.63) is 59.4 Å². The van der Waals surface area contributed by atoms with E-state index in [0.29, 0.717) is 19.4 Å². The van der Waals surface area contributed by atoms with Gasteiger partial charge in [0, 0.05) is 24.3 Å². The number of hydrogen-bond acceptors (Lipinski definition) is 3. The molecule has 1 rings (SSSR count). The van der Waals surface area contributed by atoms with Crippen LogP contribution in [0.4, 0.5) is 0 Å². The first-order chi connectivity index (χ1) is 13.7. The van der Waals surface area contributed by atoms with Crippen LogP contribution in [-0.2, 0) is 14.0 Å². The normalized spacial score (nSPS) is 18.1. The monoisotopic (exact) mass is 430 g/mol. The lowest BCUT2D eigenvalue weighted by Crippen LogP contribution is -2.46. The highest BCUT2D eigenvalue weighted by Crippen LogP contribution is 2.41.